The number of hydrogen-bond acceptors (Lipinski definition) is 1. The molecule has 0 atom stereocenters. The molecule has 0 aliphatic carbocycles. The molecule has 0 aliphatic heterocycles. The number of hydrogen-bond donors (Lipinski definition) is 0. The van der Waals surface area contributed by atoms with Crippen molar-refractivity contribution in [1.82, 2.24) is 0 Å². The van der Waals surface area contributed by atoms with Gasteiger partial charge in [0.05, 0.1) is 16.1 Å². The Kier molecular flexibility index (Phi) is 4.10. The second kappa shape index (κ2) is 4.90. The molecule has 0 N–H and O–H groups in total. The van der Waals surface area contributed by atoms with E-state index in [4.69, 9.17) is 11.6 Å². The molecule has 114 valence electrons. The van der Waals surface area contributed by atoms with Crippen LogP contribution < -0.4 is 4.74 Å². The highest BCUT2D eigenvalue weighted by molar-refractivity contribution is 6.31. The Balaban J connectivity index is 3.50. The Morgan fingerprint density at radius 3 is 1.55 bits per heavy atom. The van der Waals surface area contributed by atoms with E-state index < -0.39 is 46.7 Å². The lowest BCUT2D eigenvalue weighted by Gasteiger charge is -2.18. The number of rotatable bonds is 1. The van der Waals surface area contributed by atoms with Gasteiger partial charge in [-0.1, -0.05) is 11.6 Å². The molecule has 0 heterocycles. The van der Waals surface area contributed by atoms with E-state index in [0.29, 0.717) is 0 Å². The minimum atomic E-state index is -5.51. The fraction of sp³-hybridized carbons (Fsp3) is 0.333. The molecule has 0 fully saturated rings. The third kappa shape index (κ3) is 4.09. The van der Waals surface area contributed by atoms with Gasteiger partial charge in [0.1, 0.15) is 5.75 Å². The van der Waals surface area contributed by atoms with Gasteiger partial charge < -0.3 is 4.74 Å². The molecule has 0 amide bonds. The summed E-state index contributed by atoms with van der Waals surface area (Å²) in [5, 5.41) is -1.34. The van der Waals surface area contributed by atoms with E-state index in [1.165, 1.54) is 0 Å². The second-order valence-corrected chi connectivity index (χ2v) is 3.78. The largest absolute Gasteiger partial charge is 0.573 e. The normalized spacial score (nSPS) is 13.5. The van der Waals surface area contributed by atoms with Crippen molar-refractivity contribution in [3.63, 3.8) is 0 Å². The SMILES string of the molecule is FC(F)(F)Oc1cc(Cl)c(C(F)(F)F)cc1C(F)(F)F. The summed E-state index contributed by atoms with van der Waals surface area (Å²) in [4.78, 5) is 0. The van der Waals surface area contributed by atoms with Gasteiger partial charge in [-0.2, -0.15) is 26.3 Å². The number of halogens is 10. The van der Waals surface area contributed by atoms with Crippen molar-refractivity contribution in [2.75, 3.05) is 0 Å². The highest BCUT2D eigenvalue weighted by Crippen LogP contribution is 2.44. The Labute approximate surface area is 109 Å². The van der Waals surface area contributed by atoms with Gasteiger partial charge >= 0.3 is 18.7 Å². The van der Waals surface area contributed by atoms with Gasteiger partial charge in [0, 0.05) is 6.07 Å². The Morgan fingerprint density at radius 1 is 0.750 bits per heavy atom. The van der Waals surface area contributed by atoms with Gasteiger partial charge in [-0.15, -0.1) is 13.2 Å². The van der Waals surface area contributed by atoms with Crippen LogP contribution in [0.2, 0.25) is 5.02 Å². The van der Waals surface area contributed by atoms with E-state index in [2.05, 4.69) is 4.74 Å². The zero-order valence-electron chi connectivity index (χ0n) is 8.84. The molecule has 0 spiro atoms. The van der Waals surface area contributed by atoms with Crippen molar-refractivity contribution in [3.05, 3.63) is 28.3 Å². The van der Waals surface area contributed by atoms with Crippen molar-refractivity contribution in [2.45, 2.75) is 18.7 Å². The number of alkyl halides is 9. The van der Waals surface area contributed by atoms with Gasteiger partial charge in [0.15, 0.2) is 0 Å². The molecular weight excluding hydrogens is 331 g/mol. The maximum Gasteiger partial charge on any atom is 0.573 e. The van der Waals surface area contributed by atoms with Crippen LogP contribution >= 0.6 is 11.6 Å². The molecule has 0 bridgehead atoms. The van der Waals surface area contributed by atoms with Gasteiger partial charge in [-0.05, 0) is 6.07 Å². The van der Waals surface area contributed by atoms with E-state index in [0.717, 1.165) is 0 Å². The summed E-state index contributed by atoms with van der Waals surface area (Å²) in [5.41, 5.74) is -4.15. The molecule has 0 saturated heterocycles. The highest BCUT2D eigenvalue weighted by Gasteiger charge is 2.43. The molecular formula is C9H2ClF9O. The van der Waals surface area contributed by atoms with Crippen molar-refractivity contribution in [3.8, 4) is 5.75 Å². The first-order valence-electron chi connectivity index (χ1n) is 4.45. The van der Waals surface area contributed by atoms with E-state index in [-0.39, 0.29) is 6.07 Å². The second-order valence-electron chi connectivity index (χ2n) is 3.37. The smallest absolute Gasteiger partial charge is 0.405 e. The third-order valence-electron chi connectivity index (χ3n) is 1.91. The first-order valence-corrected chi connectivity index (χ1v) is 4.83. The topological polar surface area (TPSA) is 9.23 Å². The minimum Gasteiger partial charge on any atom is -0.405 e. The van der Waals surface area contributed by atoms with Gasteiger partial charge in [-0.25, -0.2) is 0 Å². The molecule has 0 unspecified atom stereocenters. The summed E-state index contributed by atoms with van der Waals surface area (Å²) in [6.45, 7) is 0. The van der Waals surface area contributed by atoms with Crippen LogP contribution in [-0.2, 0) is 12.4 Å². The molecule has 20 heavy (non-hydrogen) atoms. The van der Waals surface area contributed by atoms with Crippen LogP contribution in [0.1, 0.15) is 11.1 Å². The molecule has 0 aliphatic rings. The lowest BCUT2D eigenvalue weighted by atomic mass is 10.1. The predicted octanol–water partition coefficient (Wildman–Crippen LogP) is 5.28. The fourth-order valence-corrected chi connectivity index (χ4v) is 1.46. The van der Waals surface area contributed by atoms with E-state index in [1.807, 2.05) is 0 Å². The van der Waals surface area contributed by atoms with Gasteiger partial charge in [0.2, 0.25) is 0 Å². The first kappa shape index (κ1) is 16.7. The molecule has 1 aromatic carbocycles. The molecule has 0 saturated carbocycles. The molecule has 1 rings (SSSR count). The molecule has 1 nitrogen and oxygen atoms in total. The van der Waals surface area contributed by atoms with Crippen LogP contribution in [0.3, 0.4) is 0 Å². The highest BCUT2D eigenvalue weighted by atomic mass is 35.5. The summed E-state index contributed by atoms with van der Waals surface area (Å²) in [6, 6.07) is -0.718. The number of ether oxygens (including phenoxy) is 1. The van der Waals surface area contributed by atoms with Crippen molar-refractivity contribution < 1.29 is 44.3 Å². The summed E-state index contributed by atoms with van der Waals surface area (Å²) in [7, 11) is 0. The molecule has 0 radical (unpaired) electrons. The van der Waals surface area contributed by atoms with Crippen LogP contribution in [0.5, 0.6) is 5.75 Å². The monoisotopic (exact) mass is 332 g/mol. The Hall–Kier alpha value is -1.32. The summed E-state index contributed by atoms with van der Waals surface area (Å²) >= 11 is 5.03. The first-order chi connectivity index (χ1) is 8.72. The zero-order valence-corrected chi connectivity index (χ0v) is 9.60. The van der Waals surface area contributed by atoms with Crippen LogP contribution in [-0.4, -0.2) is 6.36 Å². The number of benzene rings is 1. The summed E-state index contributed by atoms with van der Waals surface area (Å²) < 4.78 is 113. The van der Waals surface area contributed by atoms with Gasteiger partial charge in [-0.3, -0.25) is 0 Å². The van der Waals surface area contributed by atoms with Crippen LogP contribution in [0.15, 0.2) is 12.1 Å². The average Bonchev–Trinajstić information content (AvgIpc) is 2.09. The van der Waals surface area contributed by atoms with Crippen LogP contribution in [0, 0.1) is 0 Å². The van der Waals surface area contributed by atoms with E-state index in [9.17, 15) is 39.5 Å². The lowest BCUT2D eigenvalue weighted by Crippen LogP contribution is -2.21. The summed E-state index contributed by atoms with van der Waals surface area (Å²) in [5.74, 6) is -1.86. The molecule has 1 aromatic rings. The lowest BCUT2D eigenvalue weighted by molar-refractivity contribution is -0.276. The standard InChI is InChI=1S/C9H2ClF9O/c10-5-2-6(20-9(17,18)19)4(8(14,15)16)1-3(5)7(11,12)13/h1-2H. The van der Waals surface area contributed by atoms with Gasteiger partial charge in [0.25, 0.3) is 0 Å². The van der Waals surface area contributed by atoms with Crippen molar-refractivity contribution in [1.29, 1.82) is 0 Å². The van der Waals surface area contributed by atoms with E-state index >= 15 is 0 Å². The maximum absolute atomic E-state index is 12.5. The summed E-state index contributed by atoms with van der Waals surface area (Å²) in [6.07, 6.45) is -16.2. The van der Waals surface area contributed by atoms with Crippen molar-refractivity contribution >= 4 is 11.6 Å². The van der Waals surface area contributed by atoms with Crippen LogP contribution in [0.4, 0.5) is 39.5 Å². The van der Waals surface area contributed by atoms with Crippen molar-refractivity contribution in [2.24, 2.45) is 0 Å². The Bertz CT molecular complexity index is 500. The van der Waals surface area contributed by atoms with Crippen LogP contribution in [0.25, 0.3) is 0 Å². The third-order valence-corrected chi connectivity index (χ3v) is 2.22. The average molecular weight is 333 g/mol. The van der Waals surface area contributed by atoms with E-state index in [1.54, 1.807) is 0 Å². The molecule has 11 heteroatoms. The minimum absolute atomic E-state index is 0.180. The maximum atomic E-state index is 12.5. The molecule has 0 aromatic heterocycles. The fourth-order valence-electron chi connectivity index (χ4n) is 1.20. The quantitative estimate of drug-likeness (QED) is 0.636. The predicted molar refractivity (Wildman–Crippen MR) is 48.1 cm³/mol. The zero-order chi connectivity index (χ0) is 15.9. The Morgan fingerprint density at radius 2 is 1.20 bits per heavy atom.